The van der Waals surface area contributed by atoms with Gasteiger partial charge in [0.05, 0.1) is 13.2 Å². The van der Waals surface area contributed by atoms with Crippen LogP contribution in [-0.4, -0.2) is 133 Å². The van der Waals surface area contributed by atoms with Gasteiger partial charge < -0.3 is 62.2 Å². The first-order valence-corrected chi connectivity index (χ1v) is 13.4. The molecule has 2 aliphatic rings. The summed E-state index contributed by atoms with van der Waals surface area (Å²) in [6, 6.07) is 0. The minimum absolute atomic E-state index is 0.103. The number of hydrogen-bond donors (Lipinski definition) is 10. The molecule has 6 heterocycles. The van der Waals surface area contributed by atoms with Crippen molar-refractivity contribution in [1.82, 2.24) is 39.0 Å². The Morgan fingerprint density at radius 2 is 1.09 bits per heavy atom. The smallest absolute Gasteiger partial charge is 0.207 e. The number of imidazole rings is 2. The standard InChI is InChI=1S/C23H32N12O8/c24-16-10-18(30-6-28-16)34(20-14(40)12(38)8(4-36)42-20)22(32-10)26-2-1-3-27-23-33-11-17(25)29-7-31-19(11)35(23)21-15(41)13(39)9(5-37)43-21/h6-9,12-15,20-21,36-41H,1-5H2,(H,26,32)(H,27,33)(H2,24,28,30)(H2,25,29,31)/t8-,9-,12-,13+,14+,15+,20-,21-/m1/s1. The van der Waals surface area contributed by atoms with Crippen molar-refractivity contribution in [2.24, 2.45) is 0 Å². The summed E-state index contributed by atoms with van der Waals surface area (Å²) in [5.74, 6) is 0.676. The van der Waals surface area contributed by atoms with Gasteiger partial charge in [0.15, 0.2) is 46.4 Å². The zero-order valence-electron chi connectivity index (χ0n) is 22.5. The van der Waals surface area contributed by atoms with Crippen LogP contribution in [0.5, 0.6) is 0 Å². The van der Waals surface area contributed by atoms with Crippen LogP contribution >= 0.6 is 0 Å². The molecule has 0 bridgehead atoms. The van der Waals surface area contributed by atoms with Crippen molar-refractivity contribution >= 4 is 45.9 Å². The summed E-state index contributed by atoms with van der Waals surface area (Å²) < 4.78 is 14.3. The van der Waals surface area contributed by atoms with E-state index in [0.717, 1.165) is 0 Å². The van der Waals surface area contributed by atoms with Crippen LogP contribution in [0.4, 0.5) is 23.5 Å². The van der Waals surface area contributed by atoms with Gasteiger partial charge in [-0.05, 0) is 6.42 Å². The van der Waals surface area contributed by atoms with Crippen LogP contribution in [0.25, 0.3) is 22.3 Å². The molecule has 0 aliphatic carbocycles. The fourth-order valence-corrected chi connectivity index (χ4v) is 5.26. The number of aromatic nitrogens is 8. The Morgan fingerprint density at radius 3 is 1.47 bits per heavy atom. The van der Waals surface area contributed by atoms with Crippen molar-refractivity contribution < 1.29 is 40.1 Å². The lowest BCUT2D eigenvalue weighted by Gasteiger charge is -2.20. The summed E-state index contributed by atoms with van der Waals surface area (Å²) in [5.41, 5.74) is 13.0. The highest BCUT2D eigenvalue weighted by molar-refractivity contribution is 5.84. The predicted molar refractivity (Wildman–Crippen MR) is 147 cm³/mol. The summed E-state index contributed by atoms with van der Waals surface area (Å²) >= 11 is 0. The van der Waals surface area contributed by atoms with E-state index in [-0.39, 0.29) is 45.9 Å². The molecule has 43 heavy (non-hydrogen) atoms. The van der Waals surface area contributed by atoms with Crippen LogP contribution in [0.1, 0.15) is 18.9 Å². The molecule has 20 nitrogen and oxygen atoms in total. The second-order valence-corrected chi connectivity index (χ2v) is 10.1. The maximum atomic E-state index is 10.6. The molecule has 2 saturated heterocycles. The first-order chi connectivity index (χ1) is 20.7. The number of ether oxygens (including phenoxy) is 2. The monoisotopic (exact) mass is 604 g/mol. The van der Waals surface area contributed by atoms with Gasteiger partial charge in [-0.2, -0.15) is 0 Å². The highest BCUT2D eigenvalue weighted by atomic mass is 16.6. The van der Waals surface area contributed by atoms with E-state index in [4.69, 9.17) is 20.9 Å². The third-order valence-corrected chi connectivity index (χ3v) is 7.47. The second-order valence-electron chi connectivity index (χ2n) is 10.1. The molecule has 0 radical (unpaired) electrons. The predicted octanol–water partition coefficient (Wildman–Crippen LogP) is -3.73. The normalized spacial score (nSPS) is 29.2. The zero-order valence-corrected chi connectivity index (χ0v) is 22.5. The van der Waals surface area contributed by atoms with Crippen LogP contribution in [0, 0.1) is 0 Å². The van der Waals surface area contributed by atoms with E-state index in [2.05, 4.69) is 40.5 Å². The molecule has 0 spiro atoms. The third-order valence-electron chi connectivity index (χ3n) is 7.47. The van der Waals surface area contributed by atoms with Crippen LogP contribution < -0.4 is 22.1 Å². The summed E-state index contributed by atoms with van der Waals surface area (Å²) in [4.78, 5) is 25.3. The average molecular weight is 605 g/mol. The molecule has 4 aromatic heterocycles. The van der Waals surface area contributed by atoms with Gasteiger partial charge in [0.2, 0.25) is 11.9 Å². The Bertz CT molecular complexity index is 1490. The van der Waals surface area contributed by atoms with E-state index >= 15 is 0 Å². The number of aliphatic hydroxyl groups excluding tert-OH is 6. The number of nitrogens with one attached hydrogen (secondary N) is 2. The molecule has 8 atom stereocenters. The number of nitrogens with zero attached hydrogens (tertiary/aromatic N) is 8. The van der Waals surface area contributed by atoms with Crippen LogP contribution in [0.2, 0.25) is 0 Å². The molecule has 12 N–H and O–H groups in total. The van der Waals surface area contributed by atoms with Crippen LogP contribution in [0.15, 0.2) is 12.7 Å². The van der Waals surface area contributed by atoms with Crippen LogP contribution in [-0.2, 0) is 9.47 Å². The third kappa shape index (κ3) is 4.92. The number of aliphatic hydroxyl groups is 6. The molecule has 20 heteroatoms. The minimum atomic E-state index is -1.38. The number of fused-ring (bicyclic) bond motifs is 2. The SMILES string of the molecule is Nc1ncnc2c1nc(NCCCNc1nc3c(N)ncnc3n1[C@@H]1O[C@H](CO)[C@@H](O)[C@@H]1O)n2[C@@H]1O[C@H](CO)[C@H](O)[C@@H]1O. The van der Waals surface area contributed by atoms with Gasteiger partial charge in [-0.25, -0.2) is 29.9 Å². The highest BCUT2D eigenvalue weighted by Gasteiger charge is 2.46. The molecule has 232 valence electrons. The van der Waals surface area contributed by atoms with Crippen molar-refractivity contribution in [1.29, 1.82) is 0 Å². The number of rotatable bonds is 10. The lowest BCUT2D eigenvalue weighted by Crippen LogP contribution is -2.33. The summed E-state index contributed by atoms with van der Waals surface area (Å²) in [6.45, 7) is -0.349. The number of nitrogens with two attached hydrogens (primary N) is 2. The van der Waals surface area contributed by atoms with E-state index in [1.54, 1.807) is 0 Å². The van der Waals surface area contributed by atoms with Gasteiger partial charge in [-0.15, -0.1) is 0 Å². The Kier molecular flexibility index (Phi) is 7.83. The summed E-state index contributed by atoms with van der Waals surface area (Å²) in [5, 5.41) is 67.3. The second kappa shape index (κ2) is 11.6. The molecule has 4 aromatic rings. The van der Waals surface area contributed by atoms with Crippen molar-refractivity contribution in [3.8, 4) is 0 Å². The van der Waals surface area contributed by atoms with E-state index in [0.29, 0.717) is 19.5 Å². The summed E-state index contributed by atoms with van der Waals surface area (Å²) in [7, 11) is 0. The van der Waals surface area contributed by atoms with Gasteiger partial charge in [0.25, 0.3) is 0 Å². The Morgan fingerprint density at radius 1 is 0.674 bits per heavy atom. The highest BCUT2D eigenvalue weighted by Crippen LogP contribution is 2.36. The average Bonchev–Trinajstić information content (AvgIpc) is 3.71. The molecular weight excluding hydrogens is 572 g/mol. The van der Waals surface area contributed by atoms with E-state index in [1.807, 2.05) is 0 Å². The summed E-state index contributed by atoms with van der Waals surface area (Å²) in [6.07, 6.45) is -6.74. The minimum Gasteiger partial charge on any atom is -0.394 e. The largest absolute Gasteiger partial charge is 0.394 e. The van der Waals surface area contributed by atoms with Crippen LogP contribution in [0.3, 0.4) is 0 Å². The van der Waals surface area contributed by atoms with E-state index in [9.17, 15) is 30.6 Å². The molecule has 2 aliphatic heterocycles. The number of hydrogen-bond acceptors (Lipinski definition) is 18. The van der Waals surface area contributed by atoms with Gasteiger partial charge in [-0.1, -0.05) is 0 Å². The van der Waals surface area contributed by atoms with Gasteiger partial charge in [-0.3, -0.25) is 9.13 Å². The van der Waals surface area contributed by atoms with Crippen molar-refractivity contribution in [2.75, 3.05) is 48.4 Å². The lowest BCUT2D eigenvalue weighted by atomic mass is 10.1. The lowest BCUT2D eigenvalue weighted by molar-refractivity contribution is -0.0501. The molecule has 0 saturated carbocycles. The molecule has 2 fully saturated rings. The maximum absolute atomic E-state index is 10.6. The first kappa shape index (κ1) is 29.1. The Labute approximate surface area is 242 Å². The van der Waals surface area contributed by atoms with Gasteiger partial charge in [0, 0.05) is 13.1 Å². The topological polar surface area (TPSA) is 303 Å². The van der Waals surface area contributed by atoms with E-state index < -0.39 is 62.3 Å². The zero-order chi connectivity index (χ0) is 30.4. The van der Waals surface area contributed by atoms with Crippen molar-refractivity contribution in [2.45, 2.75) is 55.5 Å². The van der Waals surface area contributed by atoms with Crippen molar-refractivity contribution in [3.63, 3.8) is 0 Å². The maximum Gasteiger partial charge on any atom is 0.207 e. The first-order valence-electron chi connectivity index (χ1n) is 13.4. The molecule has 6 rings (SSSR count). The molecule has 0 amide bonds. The Hall–Kier alpha value is -4.02. The number of nitrogen functional groups attached to an aromatic ring is 2. The number of anilines is 4. The van der Waals surface area contributed by atoms with E-state index in [1.165, 1.54) is 21.8 Å². The Balaban J connectivity index is 1.19. The van der Waals surface area contributed by atoms with Gasteiger partial charge >= 0.3 is 0 Å². The van der Waals surface area contributed by atoms with Gasteiger partial charge in [0.1, 0.15) is 49.3 Å². The fourth-order valence-electron chi connectivity index (χ4n) is 5.26. The molecular formula is C23H32N12O8. The molecule has 0 unspecified atom stereocenters. The van der Waals surface area contributed by atoms with Crippen molar-refractivity contribution in [3.05, 3.63) is 12.7 Å². The fraction of sp³-hybridized carbons (Fsp3) is 0.565. The molecule has 0 aromatic carbocycles. The quantitative estimate of drug-likeness (QED) is 0.0777.